The fourth-order valence-electron chi connectivity index (χ4n) is 2.25. The second-order valence-corrected chi connectivity index (χ2v) is 6.14. The molecule has 0 aromatic rings. The van der Waals surface area contributed by atoms with Crippen molar-refractivity contribution in [3.8, 4) is 0 Å². The van der Waals surface area contributed by atoms with Crippen LogP contribution in [0.2, 0.25) is 0 Å². The minimum Gasteiger partial charge on any atom is -0.480 e. The van der Waals surface area contributed by atoms with Crippen LogP contribution in [0.5, 0.6) is 0 Å². The van der Waals surface area contributed by atoms with Crippen molar-refractivity contribution < 1.29 is 14.7 Å². The van der Waals surface area contributed by atoms with Gasteiger partial charge in [-0.15, -0.1) is 0 Å². The fourth-order valence-corrected chi connectivity index (χ4v) is 2.25. The lowest BCUT2D eigenvalue weighted by Gasteiger charge is -2.35. The molecule has 0 aliphatic carbocycles. The predicted molar refractivity (Wildman–Crippen MR) is 81.4 cm³/mol. The molecule has 0 spiro atoms. The van der Waals surface area contributed by atoms with E-state index in [0.29, 0.717) is 13.1 Å². The van der Waals surface area contributed by atoms with E-state index in [0.717, 1.165) is 26.2 Å². The topological polar surface area (TPSA) is 76.1 Å². The second kappa shape index (κ2) is 8.19. The highest BCUT2D eigenvalue weighted by atomic mass is 16.4. The van der Waals surface area contributed by atoms with Crippen LogP contribution in [-0.2, 0) is 4.79 Å². The van der Waals surface area contributed by atoms with Gasteiger partial charge >= 0.3 is 12.0 Å². The summed E-state index contributed by atoms with van der Waals surface area (Å²) >= 11 is 0. The molecule has 0 aromatic carbocycles. The Morgan fingerprint density at radius 1 is 1.19 bits per heavy atom. The molecule has 7 heteroatoms. The number of piperazine rings is 1. The van der Waals surface area contributed by atoms with Crippen molar-refractivity contribution >= 4 is 12.0 Å². The van der Waals surface area contributed by atoms with Gasteiger partial charge in [0.05, 0.1) is 0 Å². The van der Waals surface area contributed by atoms with Crippen molar-refractivity contribution in [2.75, 3.05) is 53.4 Å². The van der Waals surface area contributed by atoms with E-state index >= 15 is 0 Å². The van der Waals surface area contributed by atoms with Crippen molar-refractivity contribution in [1.29, 1.82) is 0 Å². The third-order valence-electron chi connectivity index (χ3n) is 3.73. The molecule has 21 heavy (non-hydrogen) atoms. The van der Waals surface area contributed by atoms with Crippen LogP contribution >= 0.6 is 0 Å². The summed E-state index contributed by atoms with van der Waals surface area (Å²) in [4.78, 5) is 29.4. The molecular formula is C14H28N4O3. The molecule has 7 nitrogen and oxygen atoms in total. The molecule has 1 saturated heterocycles. The third kappa shape index (κ3) is 5.89. The Balaban J connectivity index is 2.39. The first-order valence-corrected chi connectivity index (χ1v) is 7.46. The van der Waals surface area contributed by atoms with E-state index < -0.39 is 12.0 Å². The number of rotatable bonds is 6. The van der Waals surface area contributed by atoms with Gasteiger partial charge in [0.15, 0.2) is 0 Å². The Hall–Kier alpha value is -1.34. The van der Waals surface area contributed by atoms with E-state index in [4.69, 9.17) is 5.11 Å². The van der Waals surface area contributed by atoms with Crippen LogP contribution in [-0.4, -0.2) is 91.2 Å². The number of carboxylic acid groups (broad SMARTS) is 1. The van der Waals surface area contributed by atoms with Gasteiger partial charge in [-0.25, -0.2) is 9.59 Å². The lowest BCUT2D eigenvalue weighted by molar-refractivity contribution is -0.140. The molecule has 0 bridgehead atoms. The van der Waals surface area contributed by atoms with Crippen molar-refractivity contribution in [2.24, 2.45) is 5.92 Å². The SMILES string of the molecule is CC(C)[C@@H](NC(=O)N1CCN(CCN(C)C)CC1)C(=O)O. The average molecular weight is 300 g/mol. The van der Waals surface area contributed by atoms with Crippen molar-refractivity contribution in [3.05, 3.63) is 0 Å². The number of amides is 2. The Morgan fingerprint density at radius 2 is 1.76 bits per heavy atom. The molecule has 2 N–H and O–H groups in total. The van der Waals surface area contributed by atoms with Gasteiger partial charge in [0, 0.05) is 39.3 Å². The highest BCUT2D eigenvalue weighted by molar-refractivity contribution is 5.82. The largest absolute Gasteiger partial charge is 0.480 e. The number of likely N-dealkylation sites (N-methyl/N-ethyl adjacent to an activating group) is 1. The fraction of sp³-hybridized carbons (Fsp3) is 0.857. The number of hydrogen-bond acceptors (Lipinski definition) is 4. The first-order valence-electron chi connectivity index (χ1n) is 7.46. The molecule has 1 atom stereocenters. The van der Waals surface area contributed by atoms with Crippen LogP contribution in [0.3, 0.4) is 0 Å². The van der Waals surface area contributed by atoms with Gasteiger partial charge in [0.2, 0.25) is 0 Å². The van der Waals surface area contributed by atoms with Crippen LogP contribution in [0.1, 0.15) is 13.8 Å². The highest BCUT2D eigenvalue weighted by Crippen LogP contribution is 2.06. The minimum atomic E-state index is -0.983. The summed E-state index contributed by atoms with van der Waals surface area (Å²) in [5.74, 6) is -1.12. The number of urea groups is 1. The van der Waals surface area contributed by atoms with Crippen LogP contribution < -0.4 is 5.32 Å². The van der Waals surface area contributed by atoms with E-state index in [1.165, 1.54) is 0 Å². The summed E-state index contributed by atoms with van der Waals surface area (Å²) in [5, 5.41) is 11.7. The molecule has 0 unspecified atom stereocenters. The van der Waals surface area contributed by atoms with E-state index in [9.17, 15) is 9.59 Å². The maximum atomic E-state index is 12.1. The molecule has 1 aliphatic rings. The second-order valence-electron chi connectivity index (χ2n) is 6.14. The van der Waals surface area contributed by atoms with Crippen LogP contribution in [0, 0.1) is 5.92 Å². The number of nitrogens with one attached hydrogen (secondary N) is 1. The molecule has 0 saturated carbocycles. The number of carbonyl (C=O) groups excluding carboxylic acids is 1. The van der Waals surface area contributed by atoms with Gasteiger partial charge in [-0.1, -0.05) is 13.8 Å². The summed E-state index contributed by atoms with van der Waals surface area (Å²) in [6.07, 6.45) is 0. The molecule has 1 fully saturated rings. The zero-order valence-corrected chi connectivity index (χ0v) is 13.5. The van der Waals surface area contributed by atoms with Crippen LogP contribution in [0.25, 0.3) is 0 Å². The van der Waals surface area contributed by atoms with Gasteiger partial charge in [-0.2, -0.15) is 0 Å². The van der Waals surface area contributed by atoms with E-state index in [-0.39, 0.29) is 11.9 Å². The summed E-state index contributed by atoms with van der Waals surface area (Å²) in [7, 11) is 4.09. The van der Waals surface area contributed by atoms with E-state index in [2.05, 4.69) is 15.1 Å². The Labute approximate surface area is 126 Å². The minimum absolute atomic E-state index is 0.132. The molecule has 0 radical (unpaired) electrons. The lowest BCUT2D eigenvalue weighted by atomic mass is 10.1. The lowest BCUT2D eigenvalue weighted by Crippen LogP contribution is -2.56. The summed E-state index contributed by atoms with van der Waals surface area (Å²) in [6, 6.07) is -1.10. The number of hydrogen-bond donors (Lipinski definition) is 2. The van der Waals surface area contributed by atoms with Gasteiger partial charge in [0.1, 0.15) is 6.04 Å². The summed E-state index contributed by atoms with van der Waals surface area (Å²) in [6.45, 7) is 8.53. The number of aliphatic carboxylic acids is 1. The Kier molecular flexibility index (Phi) is 6.91. The maximum Gasteiger partial charge on any atom is 0.326 e. The van der Waals surface area contributed by atoms with Crippen molar-refractivity contribution in [1.82, 2.24) is 20.0 Å². The molecule has 1 heterocycles. The number of carboxylic acids is 1. The Morgan fingerprint density at radius 3 is 2.19 bits per heavy atom. The Bertz CT molecular complexity index is 352. The number of nitrogens with zero attached hydrogens (tertiary/aromatic N) is 3. The molecule has 2 amide bonds. The van der Waals surface area contributed by atoms with Crippen LogP contribution in [0.4, 0.5) is 4.79 Å². The van der Waals surface area contributed by atoms with Gasteiger partial charge < -0.3 is 20.2 Å². The van der Waals surface area contributed by atoms with Gasteiger partial charge in [0.25, 0.3) is 0 Å². The normalized spacial score (nSPS) is 18.1. The molecule has 0 aromatic heterocycles. The predicted octanol–water partition coefficient (Wildman–Crippen LogP) is -0.0156. The van der Waals surface area contributed by atoms with E-state index in [1.54, 1.807) is 18.7 Å². The smallest absolute Gasteiger partial charge is 0.326 e. The highest BCUT2D eigenvalue weighted by Gasteiger charge is 2.27. The van der Waals surface area contributed by atoms with Crippen molar-refractivity contribution in [3.63, 3.8) is 0 Å². The number of carbonyl (C=O) groups is 2. The van der Waals surface area contributed by atoms with Crippen molar-refractivity contribution in [2.45, 2.75) is 19.9 Å². The monoisotopic (exact) mass is 300 g/mol. The zero-order chi connectivity index (χ0) is 16.0. The third-order valence-corrected chi connectivity index (χ3v) is 3.73. The molecule has 1 rings (SSSR count). The maximum absolute atomic E-state index is 12.1. The average Bonchev–Trinajstić information content (AvgIpc) is 2.42. The first-order chi connectivity index (χ1) is 9.81. The van der Waals surface area contributed by atoms with Gasteiger partial charge in [-0.05, 0) is 20.0 Å². The first kappa shape index (κ1) is 17.7. The quantitative estimate of drug-likeness (QED) is 0.721. The summed E-state index contributed by atoms with van der Waals surface area (Å²) < 4.78 is 0. The van der Waals surface area contributed by atoms with E-state index in [1.807, 2.05) is 14.1 Å². The molecular weight excluding hydrogens is 272 g/mol. The van der Waals surface area contributed by atoms with Crippen LogP contribution in [0.15, 0.2) is 0 Å². The summed E-state index contributed by atoms with van der Waals surface area (Å²) in [5.41, 5.74) is 0. The molecule has 1 aliphatic heterocycles. The standard InChI is InChI=1S/C14H28N4O3/c1-11(2)12(13(19)20)15-14(21)18-9-7-17(8-10-18)6-5-16(3)4/h11-12H,5-10H2,1-4H3,(H,15,21)(H,19,20)/t12-/m1/s1. The zero-order valence-electron chi connectivity index (χ0n) is 13.5. The molecule has 122 valence electrons. The van der Waals surface area contributed by atoms with Gasteiger partial charge in [-0.3, -0.25) is 4.90 Å².